The Kier molecular flexibility index (Phi) is 1.80. The van der Waals surface area contributed by atoms with Crippen LogP contribution >= 0.6 is 27.9 Å². The molecule has 0 aromatic carbocycles. The summed E-state index contributed by atoms with van der Waals surface area (Å²) in [4.78, 5) is 0.447. The van der Waals surface area contributed by atoms with Gasteiger partial charge < -0.3 is 0 Å². The fourth-order valence-electron chi connectivity index (χ4n) is 0.308. The molecule has 6 heavy (non-hydrogen) atoms. The van der Waals surface area contributed by atoms with Crippen LogP contribution in [0.4, 0.5) is 0 Å². The van der Waals surface area contributed by atoms with E-state index >= 15 is 0 Å². The average molecular weight is 167 g/mol. The lowest BCUT2D eigenvalue weighted by molar-refractivity contribution is 1.04. The van der Waals surface area contributed by atoms with Crippen LogP contribution in [0.15, 0.2) is 0 Å². The van der Waals surface area contributed by atoms with Gasteiger partial charge in [-0.25, -0.2) is 0 Å². The maximum absolute atomic E-state index is 3.35. The van der Waals surface area contributed by atoms with Crippen LogP contribution in [0.5, 0.6) is 0 Å². The van der Waals surface area contributed by atoms with Gasteiger partial charge in [0.15, 0.2) is 0 Å². The second kappa shape index (κ2) is 2.19. The van der Waals surface area contributed by atoms with Gasteiger partial charge in [0.05, 0.1) is 4.95 Å². The van der Waals surface area contributed by atoms with Crippen molar-refractivity contribution < 1.29 is 0 Å². The van der Waals surface area contributed by atoms with Crippen molar-refractivity contribution >= 4 is 27.9 Å². The summed E-state index contributed by atoms with van der Waals surface area (Å²) < 4.78 is 3.10. The predicted octanol–water partition coefficient (Wildman–Crippen LogP) is 1.16. The van der Waals surface area contributed by atoms with Gasteiger partial charge in [-0.2, -0.15) is 0 Å². The minimum Gasteiger partial charge on any atom is -0.250 e. The van der Waals surface area contributed by atoms with E-state index in [4.69, 9.17) is 0 Å². The van der Waals surface area contributed by atoms with Crippen molar-refractivity contribution in [1.82, 2.24) is 4.72 Å². The van der Waals surface area contributed by atoms with E-state index in [1.54, 1.807) is 11.9 Å². The minimum atomic E-state index is 0.447. The van der Waals surface area contributed by atoms with E-state index in [-0.39, 0.29) is 0 Å². The van der Waals surface area contributed by atoms with Crippen LogP contribution in [0.3, 0.4) is 0 Å². The second-order valence-electron chi connectivity index (χ2n) is 1.07. The molecule has 1 fully saturated rings. The monoisotopic (exact) mass is 166 g/mol. The van der Waals surface area contributed by atoms with Crippen LogP contribution in [0, 0.1) is 6.42 Å². The van der Waals surface area contributed by atoms with E-state index in [0.717, 1.165) is 5.75 Å². The Bertz CT molecular complexity index is 44.1. The van der Waals surface area contributed by atoms with Gasteiger partial charge in [-0.1, -0.05) is 27.9 Å². The Balaban J connectivity index is 2.18. The Morgan fingerprint density at radius 3 is 3.00 bits per heavy atom. The van der Waals surface area contributed by atoms with Crippen molar-refractivity contribution in [3.05, 3.63) is 6.42 Å². The summed E-state index contributed by atoms with van der Waals surface area (Å²) in [5.41, 5.74) is 0. The van der Waals surface area contributed by atoms with Crippen LogP contribution in [-0.4, -0.2) is 10.7 Å². The third-order valence-corrected chi connectivity index (χ3v) is 2.27. The Morgan fingerprint density at radius 1 is 2.00 bits per heavy atom. The van der Waals surface area contributed by atoms with Gasteiger partial charge in [0.25, 0.3) is 0 Å². The average Bonchev–Trinajstić information content (AvgIpc) is 1.86. The molecular weight excluding hydrogens is 162 g/mol. The molecule has 1 nitrogen and oxygen atoms in total. The van der Waals surface area contributed by atoms with Crippen molar-refractivity contribution in [3.63, 3.8) is 0 Å². The number of halogens is 1. The fourth-order valence-corrected chi connectivity index (χ4v) is 1.78. The van der Waals surface area contributed by atoms with Crippen molar-refractivity contribution in [2.45, 2.75) is 4.95 Å². The highest BCUT2D eigenvalue weighted by molar-refractivity contribution is 9.09. The van der Waals surface area contributed by atoms with Gasteiger partial charge in [0.2, 0.25) is 0 Å². The number of nitrogens with one attached hydrogen (secondary N) is 1. The van der Waals surface area contributed by atoms with Crippen molar-refractivity contribution in [2.24, 2.45) is 0 Å². The molecule has 1 atom stereocenters. The first-order valence-corrected chi connectivity index (χ1v) is 3.64. The molecule has 0 aromatic rings. The lowest BCUT2D eigenvalue weighted by Crippen LogP contribution is -2.05. The molecule has 0 amide bonds. The normalized spacial score (nSPS) is 34.5. The van der Waals surface area contributed by atoms with E-state index in [1.165, 1.54) is 0 Å². The topological polar surface area (TPSA) is 12.0 Å². The van der Waals surface area contributed by atoms with Crippen molar-refractivity contribution in [3.8, 4) is 0 Å². The molecular formula is C3H5BrNS. The molecule has 1 saturated heterocycles. The van der Waals surface area contributed by atoms with E-state index in [0.29, 0.717) is 4.95 Å². The highest BCUT2D eigenvalue weighted by Crippen LogP contribution is 2.15. The van der Waals surface area contributed by atoms with E-state index < -0.39 is 0 Å². The summed E-state index contributed by atoms with van der Waals surface area (Å²) in [6.07, 6.45) is 2.17. The SMILES string of the molecule is BrC1[CH]CSN1. The Hall–Kier alpha value is 0.790. The number of hydrogen-bond donors (Lipinski definition) is 1. The van der Waals surface area contributed by atoms with Crippen molar-refractivity contribution in [1.29, 1.82) is 0 Å². The summed E-state index contributed by atoms with van der Waals surface area (Å²) in [7, 11) is 0. The van der Waals surface area contributed by atoms with E-state index in [1.807, 2.05) is 0 Å². The number of alkyl halides is 1. The maximum atomic E-state index is 3.35. The zero-order valence-corrected chi connectivity index (χ0v) is 5.55. The number of rotatable bonds is 0. The highest BCUT2D eigenvalue weighted by atomic mass is 79.9. The highest BCUT2D eigenvalue weighted by Gasteiger charge is 2.08. The summed E-state index contributed by atoms with van der Waals surface area (Å²) in [6, 6.07) is 0. The fraction of sp³-hybridized carbons (Fsp3) is 0.667. The maximum Gasteiger partial charge on any atom is 0.0764 e. The molecule has 0 saturated carbocycles. The molecule has 1 aliphatic rings. The summed E-state index contributed by atoms with van der Waals surface area (Å²) >= 11 is 5.08. The van der Waals surface area contributed by atoms with Crippen LogP contribution < -0.4 is 4.72 Å². The van der Waals surface area contributed by atoms with Gasteiger partial charge in [0.1, 0.15) is 0 Å². The molecule has 3 heteroatoms. The second-order valence-corrected chi connectivity index (χ2v) is 2.91. The van der Waals surface area contributed by atoms with E-state index in [9.17, 15) is 0 Å². The first-order chi connectivity index (χ1) is 2.89. The number of hydrogen-bond acceptors (Lipinski definition) is 2. The molecule has 35 valence electrons. The van der Waals surface area contributed by atoms with Crippen LogP contribution in [0.2, 0.25) is 0 Å². The van der Waals surface area contributed by atoms with Gasteiger partial charge in [-0.05, 0) is 0 Å². The largest absolute Gasteiger partial charge is 0.250 e. The molecule has 1 N–H and O–H groups in total. The van der Waals surface area contributed by atoms with Gasteiger partial charge in [-0.15, -0.1) is 0 Å². The quantitative estimate of drug-likeness (QED) is 0.330. The summed E-state index contributed by atoms with van der Waals surface area (Å²) in [5, 5.41) is 0. The lowest BCUT2D eigenvalue weighted by Gasteiger charge is -1.90. The molecule has 0 bridgehead atoms. The molecule has 0 spiro atoms. The smallest absolute Gasteiger partial charge is 0.0764 e. The molecule has 0 aromatic heterocycles. The third kappa shape index (κ3) is 1.13. The molecule has 1 rings (SSSR count). The first kappa shape index (κ1) is 4.94. The first-order valence-electron chi connectivity index (χ1n) is 1.74. The van der Waals surface area contributed by atoms with Crippen LogP contribution in [-0.2, 0) is 0 Å². The minimum absolute atomic E-state index is 0.447. The van der Waals surface area contributed by atoms with Crippen LogP contribution in [0.25, 0.3) is 0 Å². The molecule has 1 unspecified atom stereocenters. The molecule has 0 aliphatic carbocycles. The third-order valence-electron chi connectivity index (χ3n) is 0.582. The zero-order chi connectivity index (χ0) is 4.41. The zero-order valence-electron chi connectivity index (χ0n) is 3.15. The summed E-state index contributed by atoms with van der Waals surface area (Å²) in [5.74, 6) is 1.12. The summed E-state index contributed by atoms with van der Waals surface area (Å²) in [6.45, 7) is 0. The molecule has 1 heterocycles. The Labute approximate surface area is 50.1 Å². The Morgan fingerprint density at radius 2 is 2.83 bits per heavy atom. The van der Waals surface area contributed by atoms with E-state index in [2.05, 4.69) is 27.1 Å². The molecule has 1 radical (unpaired) electrons. The lowest BCUT2D eigenvalue weighted by atomic mass is 10.5. The van der Waals surface area contributed by atoms with Gasteiger partial charge >= 0.3 is 0 Å². The standard InChI is InChI=1S/C3H5BrNS/c4-3-1-2-6-5-3/h1,3,5H,2H2. The van der Waals surface area contributed by atoms with Gasteiger partial charge in [0, 0.05) is 12.2 Å². The molecule has 1 aliphatic heterocycles. The van der Waals surface area contributed by atoms with Gasteiger partial charge in [-0.3, -0.25) is 4.72 Å². The van der Waals surface area contributed by atoms with Crippen molar-refractivity contribution in [2.75, 3.05) is 5.75 Å². The van der Waals surface area contributed by atoms with Crippen LogP contribution in [0.1, 0.15) is 0 Å². The predicted molar refractivity (Wildman–Crippen MR) is 32.6 cm³/mol.